The van der Waals surface area contributed by atoms with Crippen LogP contribution in [0.2, 0.25) is 0 Å². The van der Waals surface area contributed by atoms with E-state index in [1.54, 1.807) is 16.5 Å². The van der Waals surface area contributed by atoms with Crippen LogP contribution in [0.5, 0.6) is 0 Å². The molecule has 0 saturated carbocycles. The zero-order valence-electron chi connectivity index (χ0n) is 12.6. The van der Waals surface area contributed by atoms with E-state index in [1.165, 1.54) is 28.7 Å². The summed E-state index contributed by atoms with van der Waals surface area (Å²) in [7, 11) is -3.34. The number of nitrogens with zero attached hydrogens (tertiary/aromatic N) is 5. The Morgan fingerprint density at radius 3 is 2.92 bits per heavy atom. The molecular formula is C13H15N5O4S2. The van der Waals surface area contributed by atoms with Crippen LogP contribution in [0.3, 0.4) is 0 Å². The maximum Gasteiger partial charge on any atom is 0.283 e. The largest absolute Gasteiger partial charge is 0.369 e. The quantitative estimate of drug-likeness (QED) is 0.714. The minimum Gasteiger partial charge on any atom is -0.369 e. The van der Waals surface area contributed by atoms with Crippen LogP contribution in [0.1, 0.15) is 9.80 Å². The Morgan fingerprint density at radius 1 is 1.46 bits per heavy atom. The third kappa shape index (κ3) is 2.72. The molecule has 2 aliphatic heterocycles. The second-order valence-electron chi connectivity index (χ2n) is 6.04. The SMILES string of the molecule is O=C(c1nccs1)N1CC2(C1)CS(=O)(=O)[C@@H](Cn1cncn1)CO2. The molecule has 0 radical (unpaired) electrons. The number of hydrogen-bond donors (Lipinski definition) is 0. The summed E-state index contributed by atoms with van der Waals surface area (Å²) in [5, 5.41) is 5.44. The van der Waals surface area contributed by atoms with E-state index in [0.29, 0.717) is 5.01 Å². The molecular weight excluding hydrogens is 354 g/mol. The summed E-state index contributed by atoms with van der Waals surface area (Å²) < 4.78 is 32.5. The predicted octanol–water partition coefficient (Wildman–Crippen LogP) is -0.557. The summed E-state index contributed by atoms with van der Waals surface area (Å²) in [6.45, 7) is 0.878. The number of thiazole rings is 1. The van der Waals surface area contributed by atoms with E-state index in [-0.39, 0.29) is 37.9 Å². The van der Waals surface area contributed by atoms with E-state index >= 15 is 0 Å². The highest BCUT2D eigenvalue weighted by atomic mass is 32.2. The van der Waals surface area contributed by atoms with Crippen molar-refractivity contribution in [3.05, 3.63) is 29.2 Å². The predicted molar refractivity (Wildman–Crippen MR) is 84.3 cm³/mol. The van der Waals surface area contributed by atoms with E-state index in [1.807, 2.05) is 0 Å². The lowest BCUT2D eigenvalue weighted by atomic mass is 9.95. The molecule has 128 valence electrons. The molecule has 0 N–H and O–H groups in total. The highest BCUT2D eigenvalue weighted by Crippen LogP contribution is 2.34. The summed E-state index contributed by atoms with van der Waals surface area (Å²) in [5.41, 5.74) is -0.787. The highest BCUT2D eigenvalue weighted by Gasteiger charge is 2.54. The summed E-state index contributed by atoms with van der Waals surface area (Å²) in [6, 6.07) is 0. The van der Waals surface area contributed by atoms with E-state index in [4.69, 9.17) is 4.74 Å². The zero-order valence-corrected chi connectivity index (χ0v) is 14.2. The Labute approximate surface area is 142 Å². The second-order valence-corrected chi connectivity index (χ2v) is 9.21. The van der Waals surface area contributed by atoms with Crippen LogP contribution >= 0.6 is 11.3 Å². The van der Waals surface area contributed by atoms with Crippen LogP contribution in [0.25, 0.3) is 0 Å². The van der Waals surface area contributed by atoms with Crippen LogP contribution in [0, 0.1) is 0 Å². The van der Waals surface area contributed by atoms with Gasteiger partial charge in [0.2, 0.25) is 0 Å². The lowest BCUT2D eigenvalue weighted by molar-refractivity contribution is -0.121. The number of amides is 1. The second kappa shape index (κ2) is 5.60. The van der Waals surface area contributed by atoms with E-state index < -0.39 is 20.7 Å². The van der Waals surface area contributed by atoms with Crippen LogP contribution in [0.15, 0.2) is 24.2 Å². The Balaban J connectivity index is 1.41. The fraction of sp³-hybridized carbons (Fsp3) is 0.538. The van der Waals surface area contributed by atoms with Gasteiger partial charge in [0.05, 0.1) is 32.0 Å². The topological polar surface area (TPSA) is 107 Å². The van der Waals surface area contributed by atoms with E-state index in [9.17, 15) is 13.2 Å². The molecule has 0 bridgehead atoms. The summed E-state index contributed by atoms with van der Waals surface area (Å²) in [5.74, 6) is -0.262. The number of likely N-dealkylation sites (tertiary alicyclic amines) is 1. The Bertz CT molecular complexity index is 828. The molecule has 2 saturated heterocycles. The Morgan fingerprint density at radius 2 is 2.29 bits per heavy atom. The molecule has 2 aromatic heterocycles. The molecule has 9 nitrogen and oxygen atoms in total. The maximum atomic E-state index is 12.6. The van der Waals surface area contributed by atoms with Crippen molar-refractivity contribution >= 4 is 27.1 Å². The lowest BCUT2D eigenvalue weighted by Crippen LogP contribution is -2.70. The molecule has 1 amide bonds. The van der Waals surface area contributed by atoms with Gasteiger partial charge >= 0.3 is 0 Å². The van der Waals surface area contributed by atoms with Gasteiger partial charge in [-0.1, -0.05) is 0 Å². The van der Waals surface area contributed by atoms with E-state index in [2.05, 4.69) is 15.1 Å². The molecule has 2 aliphatic rings. The fourth-order valence-electron chi connectivity index (χ4n) is 3.04. The maximum absolute atomic E-state index is 12.6. The number of ether oxygens (including phenoxy) is 1. The lowest BCUT2D eigenvalue weighted by Gasteiger charge is -2.51. The van der Waals surface area contributed by atoms with Crippen LogP contribution in [0.4, 0.5) is 0 Å². The molecule has 0 aliphatic carbocycles. The van der Waals surface area contributed by atoms with Crippen molar-refractivity contribution in [2.75, 3.05) is 25.4 Å². The van der Waals surface area contributed by atoms with Crippen LogP contribution in [-0.4, -0.2) is 75.3 Å². The van der Waals surface area contributed by atoms with Gasteiger partial charge in [-0.05, 0) is 0 Å². The van der Waals surface area contributed by atoms with Gasteiger partial charge in [0.25, 0.3) is 5.91 Å². The first-order chi connectivity index (χ1) is 11.5. The standard InChI is InChI=1S/C13H15N5O4S2/c19-12(11-15-1-2-23-11)17-5-13(6-17)7-24(20,21)10(4-22-13)3-18-9-14-8-16-18/h1-2,8-10H,3-7H2/t10-/m0/s1. The van der Waals surface area contributed by atoms with Gasteiger partial charge < -0.3 is 9.64 Å². The third-order valence-corrected chi connectivity index (χ3v) is 7.26. The van der Waals surface area contributed by atoms with Gasteiger partial charge in [-0.25, -0.2) is 18.4 Å². The Kier molecular flexibility index (Phi) is 3.66. The summed E-state index contributed by atoms with van der Waals surface area (Å²) in [6.07, 6.45) is 4.42. The van der Waals surface area contributed by atoms with E-state index in [0.717, 1.165) is 0 Å². The molecule has 1 spiro atoms. The van der Waals surface area contributed by atoms with Gasteiger partial charge in [0.15, 0.2) is 14.8 Å². The van der Waals surface area contributed by atoms with Crippen LogP contribution < -0.4 is 0 Å². The minimum atomic E-state index is -3.34. The average Bonchev–Trinajstić information content (AvgIpc) is 3.18. The smallest absolute Gasteiger partial charge is 0.283 e. The van der Waals surface area contributed by atoms with Gasteiger partial charge in [0, 0.05) is 11.6 Å². The zero-order chi connectivity index (χ0) is 16.8. The van der Waals surface area contributed by atoms with Gasteiger partial charge in [-0.3, -0.25) is 9.48 Å². The number of aromatic nitrogens is 4. The first-order valence-corrected chi connectivity index (χ1v) is 9.94. The number of rotatable bonds is 3. The van der Waals surface area contributed by atoms with Crippen molar-refractivity contribution in [2.45, 2.75) is 17.4 Å². The summed E-state index contributed by atoms with van der Waals surface area (Å²) in [4.78, 5) is 21.6. The molecule has 2 fully saturated rings. The third-order valence-electron chi connectivity index (χ3n) is 4.27. The molecule has 2 aromatic rings. The molecule has 4 rings (SSSR count). The van der Waals surface area contributed by atoms with Crippen molar-refractivity contribution < 1.29 is 17.9 Å². The first kappa shape index (κ1) is 15.7. The molecule has 4 heterocycles. The number of carbonyl (C=O) groups is 1. The molecule has 0 unspecified atom stereocenters. The fourth-order valence-corrected chi connectivity index (χ4v) is 5.53. The average molecular weight is 369 g/mol. The minimum absolute atomic E-state index is 0.0823. The monoisotopic (exact) mass is 369 g/mol. The molecule has 24 heavy (non-hydrogen) atoms. The number of carbonyl (C=O) groups excluding carboxylic acids is 1. The number of hydrogen-bond acceptors (Lipinski definition) is 8. The van der Waals surface area contributed by atoms with Crippen molar-refractivity contribution in [1.29, 1.82) is 0 Å². The van der Waals surface area contributed by atoms with Gasteiger partial charge in [-0.2, -0.15) is 5.10 Å². The molecule has 11 heteroatoms. The van der Waals surface area contributed by atoms with Crippen LogP contribution in [-0.2, 0) is 21.1 Å². The van der Waals surface area contributed by atoms with Crippen molar-refractivity contribution in [1.82, 2.24) is 24.6 Å². The summed E-state index contributed by atoms with van der Waals surface area (Å²) >= 11 is 1.27. The number of sulfone groups is 1. The van der Waals surface area contributed by atoms with Crippen molar-refractivity contribution in [3.8, 4) is 0 Å². The molecule has 1 atom stereocenters. The Hall–Kier alpha value is -1.85. The van der Waals surface area contributed by atoms with Gasteiger partial charge in [0.1, 0.15) is 23.5 Å². The first-order valence-electron chi connectivity index (χ1n) is 7.34. The van der Waals surface area contributed by atoms with Gasteiger partial charge in [-0.15, -0.1) is 11.3 Å². The molecule has 0 aromatic carbocycles. The van der Waals surface area contributed by atoms with Crippen molar-refractivity contribution in [2.24, 2.45) is 0 Å². The normalized spacial score (nSPS) is 24.7. The highest BCUT2D eigenvalue weighted by molar-refractivity contribution is 7.92. The van der Waals surface area contributed by atoms with Crippen molar-refractivity contribution in [3.63, 3.8) is 0 Å².